The number of amides is 1. The molecule has 10 heteroatoms. The number of hydrogen-bond donors (Lipinski definition) is 1. The molecule has 0 radical (unpaired) electrons. The van der Waals surface area contributed by atoms with E-state index in [1.807, 2.05) is 104 Å². The fourth-order valence-electron chi connectivity index (χ4n) is 4.34. The number of pyridine rings is 1. The van der Waals surface area contributed by atoms with Gasteiger partial charge in [0.25, 0.3) is 0 Å². The third-order valence-electron chi connectivity index (χ3n) is 6.64. The largest absolute Gasteiger partial charge is 0.457 e. The first-order chi connectivity index (χ1) is 20.3. The number of hydrogen-bond acceptors (Lipinski definition) is 8. The van der Waals surface area contributed by atoms with Gasteiger partial charge in [-0.1, -0.05) is 12.2 Å². The van der Waals surface area contributed by atoms with Gasteiger partial charge in [-0.3, -0.25) is 4.79 Å². The summed E-state index contributed by atoms with van der Waals surface area (Å²) in [6.45, 7) is 3.18. The Hall–Kier alpha value is -5.09. The third kappa shape index (κ3) is 6.79. The van der Waals surface area contributed by atoms with E-state index >= 15 is 0 Å². The highest BCUT2D eigenvalue weighted by molar-refractivity contribution is 5.88. The fourth-order valence-corrected chi connectivity index (χ4v) is 4.34. The Balaban J connectivity index is 1.27. The highest BCUT2D eigenvalue weighted by atomic mass is 16.5. The molecule has 1 amide bonds. The normalized spacial score (nSPS) is 11.8. The van der Waals surface area contributed by atoms with Gasteiger partial charge in [0.05, 0.1) is 28.6 Å². The third-order valence-corrected chi connectivity index (χ3v) is 6.64. The van der Waals surface area contributed by atoms with Crippen LogP contribution in [0.1, 0.15) is 11.3 Å². The number of anilines is 2. The van der Waals surface area contributed by atoms with Crippen LogP contribution in [-0.2, 0) is 11.8 Å². The molecule has 3 heterocycles. The van der Waals surface area contributed by atoms with Crippen molar-refractivity contribution in [1.29, 1.82) is 0 Å². The van der Waals surface area contributed by atoms with Gasteiger partial charge in [-0.05, 0) is 75.1 Å². The molecule has 0 aliphatic rings. The van der Waals surface area contributed by atoms with Crippen molar-refractivity contribution in [3.05, 3.63) is 90.7 Å². The minimum atomic E-state index is -0.0474. The molecule has 42 heavy (non-hydrogen) atoms. The topological polar surface area (TPSA) is 101 Å². The van der Waals surface area contributed by atoms with Crippen LogP contribution in [0.15, 0.2) is 79.4 Å². The molecule has 0 atom stereocenters. The van der Waals surface area contributed by atoms with Gasteiger partial charge in [-0.25, -0.2) is 19.9 Å². The van der Waals surface area contributed by atoms with Crippen LogP contribution in [0.3, 0.4) is 0 Å². The van der Waals surface area contributed by atoms with E-state index in [0.717, 1.165) is 51.5 Å². The molecule has 0 saturated carbocycles. The molecule has 2 aromatic carbocycles. The maximum Gasteiger partial charge on any atom is 0.246 e. The van der Waals surface area contributed by atoms with Gasteiger partial charge < -0.3 is 24.4 Å². The van der Waals surface area contributed by atoms with Crippen LogP contribution in [0.5, 0.6) is 11.5 Å². The number of fused-ring (bicyclic) bond motifs is 2. The summed E-state index contributed by atoms with van der Waals surface area (Å²) in [5.74, 6) is 2.04. The van der Waals surface area contributed by atoms with Crippen LogP contribution in [-0.4, -0.2) is 74.4 Å². The summed E-state index contributed by atoms with van der Waals surface area (Å²) in [5, 5.41) is 3.38. The van der Waals surface area contributed by atoms with E-state index in [0.29, 0.717) is 17.9 Å². The second kappa shape index (κ2) is 12.6. The predicted molar refractivity (Wildman–Crippen MR) is 167 cm³/mol. The molecule has 214 valence electrons. The summed E-state index contributed by atoms with van der Waals surface area (Å²) < 4.78 is 8.14. The number of carbonyl (C=O) groups excluding carboxylic acids is 1. The maximum absolute atomic E-state index is 12.3. The smallest absolute Gasteiger partial charge is 0.246 e. The molecule has 0 aliphatic carbocycles. The second-order valence-electron chi connectivity index (χ2n) is 10.3. The molecule has 10 nitrogen and oxygen atoms in total. The van der Waals surface area contributed by atoms with Gasteiger partial charge in [0.1, 0.15) is 23.3 Å². The Kier molecular flexibility index (Phi) is 8.54. The van der Waals surface area contributed by atoms with Crippen LogP contribution < -0.4 is 10.1 Å². The number of nitrogens with zero attached hydrogens (tertiary/aromatic N) is 7. The minimum Gasteiger partial charge on any atom is -0.457 e. The maximum atomic E-state index is 12.3. The Labute approximate surface area is 245 Å². The predicted octanol–water partition coefficient (Wildman–Crippen LogP) is 5.35. The van der Waals surface area contributed by atoms with Crippen molar-refractivity contribution in [2.75, 3.05) is 39.5 Å². The number of benzene rings is 2. The Morgan fingerprint density at radius 1 is 0.976 bits per heavy atom. The van der Waals surface area contributed by atoms with Crippen molar-refractivity contribution in [2.45, 2.75) is 6.92 Å². The highest BCUT2D eigenvalue weighted by Gasteiger charge is 2.10. The summed E-state index contributed by atoms with van der Waals surface area (Å²) in [7, 11) is 7.66. The summed E-state index contributed by atoms with van der Waals surface area (Å²) in [4.78, 5) is 33.9. The van der Waals surface area contributed by atoms with Crippen molar-refractivity contribution in [2.24, 2.45) is 7.05 Å². The van der Waals surface area contributed by atoms with Gasteiger partial charge in [-0.15, -0.1) is 0 Å². The first kappa shape index (κ1) is 28.4. The zero-order valence-corrected chi connectivity index (χ0v) is 24.4. The molecule has 0 bridgehead atoms. The number of ether oxygens (including phenoxy) is 1. The van der Waals surface area contributed by atoms with E-state index in [4.69, 9.17) is 9.72 Å². The van der Waals surface area contributed by atoms with E-state index in [-0.39, 0.29) is 5.91 Å². The van der Waals surface area contributed by atoms with Crippen molar-refractivity contribution in [1.82, 2.24) is 34.3 Å². The molecule has 0 aliphatic heterocycles. The van der Waals surface area contributed by atoms with E-state index in [1.165, 1.54) is 6.33 Å². The summed E-state index contributed by atoms with van der Waals surface area (Å²) in [5.41, 5.74) is 5.87. The lowest BCUT2D eigenvalue weighted by atomic mass is 10.2. The molecule has 0 fully saturated rings. The summed E-state index contributed by atoms with van der Waals surface area (Å²) in [6.07, 6.45) is 10.6. The molecule has 5 rings (SSSR count). The Bertz CT molecular complexity index is 1790. The summed E-state index contributed by atoms with van der Waals surface area (Å²) >= 11 is 0. The lowest BCUT2D eigenvalue weighted by Crippen LogP contribution is -2.25. The number of nitrogens with one attached hydrogen (secondary N) is 1. The van der Waals surface area contributed by atoms with Gasteiger partial charge in [0.2, 0.25) is 5.91 Å². The lowest BCUT2D eigenvalue weighted by Gasteiger charge is -2.13. The molecule has 5 aromatic rings. The zero-order valence-electron chi connectivity index (χ0n) is 24.4. The standard InChI is InChI=1S/C32H34N8O2/c1-22-18-24(11-15-29(22)42-25-12-14-28-27(19-25)35-21-40(28)5)37-32-31-26(33-20-34-32)13-10-23(36-31)8-6-17-39(4)30(41)9-7-16-38(2)3/h6-15,18-21H,16-17H2,1-5H3,(H,33,34,37)/b8-6+,9-7?. The quantitative estimate of drug-likeness (QED) is 0.228. The van der Waals surface area contributed by atoms with Gasteiger partial charge in [0.15, 0.2) is 5.82 Å². The van der Waals surface area contributed by atoms with Crippen LogP contribution >= 0.6 is 0 Å². The van der Waals surface area contributed by atoms with Crippen LogP contribution in [0.4, 0.5) is 11.5 Å². The number of imidazole rings is 1. The fraction of sp³-hybridized carbons (Fsp3) is 0.219. The first-order valence-electron chi connectivity index (χ1n) is 13.6. The number of likely N-dealkylation sites (N-methyl/N-ethyl adjacent to an activating group) is 2. The number of aromatic nitrogens is 5. The monoisotopic (exact) mass is 562 g/mol. The van der Waals surface area contributed by atoms with Gasteiger partial charge in [-0.2, -0.15) is 0 Å². The van der Waals surface area contributed by atoms with Gasteiger partial charge in [0, 0.05) is 45.0 Å². The second-order valence-corrected chi connectivity index (χ2v) is 10.3. The van der Waals surface area contributed by atoms with Crippen LogP contribution in [0.2, 0.25) is 0 Å². The van der Waals surface area contributed by atoms with E-state index in [2.05, 4.69) is 20.3 Å². The number of carbonyl (C=O) groups is 1. The molecule has 0 saturated heterocycles. The summed E-state index contributed by atoms with van der Waals surface area (Å²) in [6, 6.07) is 15.6. The minimum absolute atomic E-state index is 0.0474. The van der Waals surface area contributed by atoms with E-state index in [9.17, 15) is 4.79 Å². The lowest BCUT2D eigenvalue weighted by molar-refractivity contribution is -0.124. The van der Waals surface area contributed by atoms with Crippen LogP contribution in [0.25, 0.3) is 28.1 Å². The number of rotatable bonds is 10. The molecule has 0 unspecified atom stereocenters. The highest BCUT2D eigenvalue weighted by Crippen LogP contribution is 2.30. The molecular weight excluding hydrogens is 528 g/mol. The Morgan fingerprint density at radius 3 is 2.64 bits per heavy atom. The van der Waals surface area contributed by atoms with Crippen molar-refractivity contribution < 1.29 is 9.53 Å². The van der Waals surface area contributed by atoms with Crippen molar-refractivity contribution in [3.8, 4) is 11.5 Å². The SMILES string of the molecule is Cc1cc(Nc2ncnc3ccc(/C=C/CN(C)C(=O)C=CCN(C)C)nc23)ccc1Oc1ccc2c(c1)ncn2C. The molecule has 1 N–H and O–H groups in total. The van der Waals surface area contributed by atoms with Crippen LogP contribution in [0, 0.1) is 6.92 Å². The van der Waals surface area contributed by atoms with Crippen molar-refractivity contribution in [3.63, 3.8) is 0 Å². The average Bonchev–Trinajstić information content (AvgIpc) is 3.34. The Morgan fingerprint density at radius 2 is 1.83 bits per heavy atom. The number of aryl methyl sites for hydroxylation is 2. The first-order valence-corrected chi connectivity index (χ1v) is 13.6. The van der Waals surface area contributed by atoms with Crippen molar-refractivity contribution >= 4 is 45.6 Å². The van der Waals surface area contributed by atoms with E-state index in [1.54, 1.807) is 24.4 Å². The van der Waals surface area contributed by atoms with E-state index < -0.39 is 0 Å². The molecule has 3 aromatic heterocycles. The van der Waals surface area contributed by atoms with Gasteiger partial charge >= 0.3 is 0 Å². The average molecular weight is 563 g/mol. The molecular formula is C32H34N8O2. The molecule has 0 spiro atoms. The zero-order chi connectivity index (χ0) is 29.6.